The van der Waals surface area contributed by atoms with Crippen LogP contribution >= 0.6 is 0 Å². The number of rotatable bonds is 7. The Kier molecular flexibility index (Phi) is 5.05. The van der Waals surface area contributed by atoms with Crippen molar-refractivity contribution >= 4 is 17.6 Å². The molecule has 1 heterocycles. The summed E-state index contributed by atoms with van der Waals surface area (Å²) < 4.78 is 6.56. The lowest BCUT2D eigenvalue weighted by atomic mass is 9.89. The number of aromatic nitrogens is 2. The van der Waals surface area contributed by atoms with Crippen LogP contribution < -0.4 is 5.32 Å². The van der Waals surface area contributed by atoms with Gasteiger partial charge in [-0.15, -0.1) is 0 Å². The van der Waals surface area contributed by atoms with Crippen LogP contribution in [-0.2, 0) is 20.9 Å². The molecule has 2 N–H and O–H groups in total. The molecule has 0 aliphatic carbocycles. The molecule has 1 aromatic rings. The zero-order valence-corrected chi connectivity index (χ0v) is 11.3. The minimum absolute atomic E-state index is 0.0917. The molecule has 106 valence electrons. The molecule has 7 heteroatoms. The van der Waals surface area contributed by atoms with Crippen LogP contribution in [0.4, 0.5) is 5.69 Å². The number of carbonyl (C=O) groups is 2. The fourth-order valence-electron chi connectivity index (χ4n) is 1.42. The van der Waals surface area contributed by atoms with Crippen molar-refractivity contribution in [1.29, 1.82) is 0 Å². The summed E-state index contributed by atoms with van der Waals surface area (Å²) in [4.78, 5) is 22.6. The molecule has 0 aliphatic heterocycles. The second kappa shape index (κ2) is 6.33. The number of nitrogens with one attached hydrogen (secondary N) is 1. The maximum atomic E-state index is 11.7. The number of methoxy groups -OCH3 is 1. The lowest BCUT2D eigenvalue weighted by Crippen LogP contribution is -2.29. The van der Waals surface area contributed by atoms with E-state index < -0.39 is 11.4 Å². The van der Waals surface area contributed by atoms with Gasteiger partial charge in [0.15, 0.2) is 0 Å². The number of carboxylic acids is 1. The van der Waals surface area contributed by atoms with Gasteiger partial charge in [0, 0.05) is 19.7 Å². The molecule has 0 aromatic carbocycles. The van der Waals surface area contributed by atoms with E-state index in [1.54, 1.807) is 18.0 Å². The SMILES string of the molecule is COCCn1cc(NC(=O)CC(C)(C)C(=O)O)cn1. The van der Waals surface area contributed by atoms with Gasteiger partial charge in [0.2, 0.25) is 5.91 Å². The Morgan fingerprint density at radius 2 is 2.21 bits per heavy atom. The summed E-state index contributed by atoms with van der Waals surface area (Å²) in [5, 5.41) is 15.6. The second-order valence-corrected chi connectivity index (χ2v) is 4.90. The van der Waals surface area contributed by atoms with Crippen LogP contribution in [0.25, 0.3) is 0 Å². The molecular weight excluding hydrogens is 250 g/mol. The van der Waals surface area contributed by atoms with E-state index >= 15 is 0 Å². The van der Waals surface area contributed by atoms with Gasteiger partial charge in [-0.05, 0) is 13.8 Å². The number of carbonyl (C=O) groups excluding carboxylic acids is 1. The van der Waals surface area contributed by atoms with E-state index in [9.17, 15) is 9.59 Å². The highest BCUT2D eigenvalue weighted by molar-refractivity contribution is 5.93. The van der Waals surface area contributed by atoms with Crippen LogP contribution in [0.2, 0.25) is 0 Å². The molecule has 0 spiro atoms. The summed E-state index contributed by atoms with van der Waals surface area (Å²) in [6.07, 6.45) is 3.09. The molecule has 0 aliphatic rings. The van der Waals surface area contributed by atoms with Crippen molar-refractivity contribution in [2.24, 2.45) is 5.41 Å². The Morgan fingerprint density at radius 3 is 2.79 bits per heavy atom. The molecule has 0 atom stereocenters. The molecule has 0 fully saturated rings. The van der Waals surface area contributed by atoms with Crippen molar-refractivity contribution in [2.45, 2.75) is 26.8 Å². The fourth-order valence-corrected chi connectivity index (χ4v) is 1.42. The third-order valence-corrected chi connectivity index (χ3v) is 2.62. The van der Waals surface area contributed by atoms with Crippen molar-refractivity contribution in [3.63, 3.8) is 0 Å². The first kappa shape index (κ1) is 15.2. The monoisotopic (exact) mass is 269 g/mol. The van der Waals surface area contributed by atoms with Crippen molar-refractivity contribution in [2.75, 3.05) is 19.0 Å². The number of hydrogen-bond donors (Lipinski definition) is 2. The zero-order chi connectivity index (χ0) is 14.5. The average Bonchev–Trinajstić information content (AvgIpc) is 2.72. The molecule has 0 bridgehead atoms. The van der Waals surface area contributed by atoms with Gasteiger partial charge >= 0.3 is 5.97 Å². The van der Waals surface area contributed by atoms with Gasteiger partial charge in [0.1, 0.15) is 0 Å². The minimum atomic E-state index is -1.09. The van der Waals surface area contributed by atoms with Crippen molar-refractivity contribution in [3.05, 3.63) is 12.4 Å². The summed E-state index contributed by atoms with van der Waals surface area (Å²) in [6.45, 7) is 4.14. The molecule has 1 rings (SSSR count). The Hall–Kier alpha value is -1.89. The maximum absolute atomic E-state index is 11.7. The summed E-state index contributed by atoms with van der Waals surface area (Å²) in [5.41, 5.74) is -0.543. The Morgan fingerprint density at radius 1 is 1.53 bits per heavy atom. The van der Waals surface area contributed by atoms with Crippen molar-refractivity contribution in [1.82, 2.24) is 9.78 Å². The maximum Gasteiger partial charge on any atom is 0.309 e. The van der Waals surface area contributed by atoms with E-state index in [2.05, 4.69) is 10.4 Å². The summed E-state index contributed by atoms with van der Waals surface area (Å²) in [7, 11) is 1.60. The largest absolute Gasteiger partial charge is 0.481 e. The zero-order valence-electron chi connectivity index (χ0n) is 11.3. The Labute approximate surface area is 111 Å². The third-order valence-electron chi connectivity index (χ3n) is 2.62. The molecule has 1 amide bonds. The molecule has 0 unspecified atom stereocenters. The number of anilines is 1. The number of carboxylic acid groups (broad SMARTS) is 1. The quantitative estimate of drug-likeness (QED) is 0.769. The molecule has 7 nitrogen and oxygen atoms in total. The molecular formula is C12H19N3O4. The van der Waals surface area contributed by atoms with E-state index in [4.69, 9.17) is 9.84 Å². The first-order valence-electron chi connectivity index (χ1n) is 5.90. The van der Waals surface area contributed by atoms with E-state index in [0.717, 1.165) is 0 Å². The second-order valence-electron chi connectivity index (χ2n) is 4.90. The van der Waals surface area contributed by atoms with E-state index in [-0.39, 0.29) is 12.3 Å². The number of aliphatic carboxylic acids is 1. The number of nitrogens with zero attached hydrogens (tertiary/aromatic N) is 2. The molecule has 0 saturated carbocycles. The minimum Gasteiger partial charge on any atom is -0.481 e. The number of amides is 1. The standard InChI is InChI=1S/C12H19N3O4/c1-12(2,11(17)18)6-10(16)14-9-7-13-15(8-9)4-5-19-3/h7-8H,4-6H2,1-3H3,(H,14,16)(H,17,18). The van der Waals surface area contributed by atoms with Gasteiger partial charge < -0.3 is 15.2 Å². The summed E-state index contributed by atoms with van der Waals surface area (Å²) in [5.74, 6) is -1.35. The van der Waals surface area contributed by atoms with Gasteiger partial charge in [0.25, 0.3) is 0 Å². The third kappa shape index (κ3) is 4.70. The lowest BCUT2D eigenvalue weighted by molar-refractivity contribution is -0.148. The molecule has 0 saturated heterocycles. The number of ether oxygens (including phenoxy) is 1. The Bertz CT molecular complexity index is 454. The Balaban J connectivity index is 2.53. The normalized spacial score (nSPS) is 11.3. The first-order chi connectivity index (χ1) is 8.85. The predicted octanol–water partition coefficient (Wildman–Crippen LogP) is 0.969. The topological polar surface area (TPSA) is 93.5 Å². The summed E-state index contributed by atoms with van der Waals surface area (Å²) in [6, 6.07) is 0. The first-order valence-corrected chi connectivity index (χ1v) is 5.90. The highest BCUT2D eigenvalue weighted by atomic mass is 16.5. The lowest BCUT2D eigenvalue weighted by Gasteiger charge is -2.17. The van der Waals surface area contributed by atoms with E-state index in [0.29, 0.717) is 18.8 Å². The van der Waals surface area contributed by atoms with Crippen molar-refractivity contribution < 1.29 is 19.4 Å². The number of hydrogen-bond acceptors (Lipinski definition) is 4. The summed E-state index contributed by atoms with van der Waals surface area (Å²) >= 11 is 0. The van der Waals surface area contributed by atoms with Gasteiger partial charge in [-0.3, -0.25) is 14.3 Å². The van der Waals surface area contributed by atoms with E-state index in [1.165, 1.54) is 20.0 Å². The van der Waals surface area contributed by atoms with Crippen molar-refractivity contribution in [3.8, 4) is 0 Å². The van der Waals surface area contributed by atoms with Crippen LogP contribution in [0.1, 0.15) is 20.3 Å². The van der Waals surface area contributed by atoms with Gasteiger partial charge in [-0.25, -0.2) is 0 Å². The van der Waals surface area contributed by atoms with Crippen LogP contribution in [0, 0.1) is 5.41 Å². The molecule has 0 radical (unpaired) electrons. The van der Waals surface area contributed by atoms with Gasteiger partial charge in [0.05, 0.1) is 30.5 Å². The van der Waals surface area contributed by atoms with Gasteiger partial charge in [-0.2, -0.15) is 5.10 Å². The average molecular weight is 269 g/mol. The van der Waals surface area contributed by atoms with Crippen LogP contribution in [0.3, 0.4) is 0 Å². The predicted molar refractivity (Wildman–Crippen MR) is 68.8 cm³/mol. The molecule has 19 heavy (non-hydrogen) atoms. The molecule has 1 aromatic heterocycles. The smallest absolute Gasteiger partial charge is 0.309 e. The van der Waals surface area contributed by atoms with E-state index in [1.807, 2.05) is 0 Å². The highest BCUT2D eigenvalue weighted by Gasteiger charge is 2.30. The highest BCUT2D eigenvalue weighted by Crippen LogP contribution is 2.21. The van der Waals surface area contributed by atoms with Crippen LogP contribution in [-0.4, -0.2) is 40.5 Å². The van der Waals surface area contributed by atoms with Gasteiger partial charge in [-0.1, -0.05) is 0 Å². The fraction of sp³-hybridized carbons (Fsp3) is 0.583. The van der Waals surface area contributed by atoms with Crippen LogP contribution in [0.15, 0.2) is 12.4 Å². The van der Waals surface area contributed by atoms with Crippen LogP contribution in [0.5, 0.6) is 0 Å².